The highest BCUT2D eigenvalue weighted by molar-refractivity contribution is 5.79. The van der Waals surface area contributed by atoms with E-state index in [1.807, 2.05) is 66.4 Å². The smallest absolute Gasteiger partial charge is 0.303 e. The molecule has 8 heteroatoms. The van der Waals surface area contributed by atoms with Crippen LogP contribution in [0.4, 0.5) is 0 Å². The largest absolute Gasteiger partial charge is 0.487 e. The van der Waals surface area contributed by atoms with Crippen molar-refractivity contribution < 1.29 is 24.2 Å². The highest BCUT2D eigenvalue weighted by Gasteiger charge is 2.57. The summed E-state index contributed by atoms with van der Waals surface area (Å²) in [5, 5.41) is 9.41. The van der Waals surface area contributed by atoms with Crippen LogP contribution in [0.3, 0.4) is 0 Å². The van der Waals surface area contributed by atoms with Gasteiger partial charge >= 0.3 is 5.97 Å². The Morgan fingerprint density at radius 3 is 2.86 bits per heavy atom. The van der Waals surface area contributed by atoms with Crippen molar-refractivity contribution >= 4 is 11.9 Å². The lowest BCUT2D eigenvalue weighted by Gasteiger charge is -2.54. The van der Waals surface area contributed by atoms with Crippen molar-refractivity contribution in [1.82, 2.24) is 14.8 Å². The number of benzene rings is 1. The molecule has 3 aliphatic rings. The van der Waals surface area contributed by atoms with Crippen LogP contribution in [0, 0.1) is 5.92 Å². The molecule has 2 fully saturated rings. The van der Waals surface area contributed by atoms with E-state index in [-0.39, 0.29) is 24.3 Å². The topological polar surface area (TPSA) is 92.2 Å². The van der Waals surface area contributed by atoms with E-state index in [4.69, 9.17) is 9.47 Å². The number of aliphatic carboxylic acids is 1. The second kappa shape index (κ2) is 9.82. The lowest BCUT2D eigenvalue weighted by molar-refractivity contribution is -0.180. The third kappa shape index (κ3) is 4.72. The molecule has 4 atom stereocenters. The molecule has 0 bridgehead atoms. The number of amides is 1. The summed E-state index contributed by atoms with van der Waals surface area (Å²) >= 11 is 0. The number of rotatable bonds is 7. The molecule has 1 aromatic heterocycles. The molecule has 0 unspecified atom stereocenters. The first-order chi connectivity index (χ1) is 17.3. The van der Waals surface area contributed by atoms with Gasteiger partial charge in [-0.05, 0) is 57.4 Å². The summed E-state index contributed by atoms with van der Waals surface area (Å²) in [6.45, 7) is 4.17. The Labute approximate surface area is 212 Å². The Morgan fingerprint density at radius 2 is 2.08 bits per heavy atom. The third-order valence-electron chi connectivity index (χ3n) is 8.16. The summed E-state index contributed by atoms with van der Waals surface area (Å²) < 4.78 is 13.1. The van der Waals surface area contributed by atoms with Crippen LogP contribution in [-0.2, 0) is 20.9 Å². The number of carboxylic acids is 1. The average Bonchev–Trinajstić information content (AvgIpc) is 3.26. The van der Waals surface area contributed by atoms with Gasteiger partial charge in [0.2, 0.25) is 5.91 Å². The van der Waals surface area contributed by atoms with Crippen molar-refractivity contribution in [3.8, 4) is 5.75 Å². The van der Waals surface area contributed by atoms with Gasteiger partial charge in [-0.2, -0.15) is 0 Å². The summed E-state index contributed by atoms with van der Waals surface area (Å²) in [7, 11) is 1.95. The van der Waals surface area contributed by atoms with Crippen molar-refractivity contribution in [2.45, 2.75) is 62.8 Å². The maximum atomic E-state index is 13.6. The van der Waals surface area contributed by atoms with Gasteiger partial charge in [0.25, 0.3) is 0 Å². The van der Waals surface area contributed by atoms with Crippen LogP contribution < -0.4 is 4.74 Å². The van der Waals surface area contributed by atoms with Gasteiger partial charge in [0.1, 0.15) is 11.4 Å². The van der Waals surface area contributed by atoms with E-state index < -0.39 is 17.1 Å². The van der Waals surface area contributed by atoms with E-state index in [9.17, 15) is 14.7 Å². The number of hydrogen-bond acceptors (Lipinski definition) is 6. The van der Waals surface area contributed by atoms with Gasteiger partial charge in [-0.3, -0.25) is 19.5 Å². The first-order valence-electron chi connectivity index (χ1n) is 12.8. The monoisotopic (exact) mass is 493 g/mol. The highest BCUT2D eigenvalue weighted by atomic mass is 16.5. The number of carboxylic acid groups (broad SMARTS) is 1. The van der Waals surface area contributed by atoms with Gasteiger partial charge in [-0.1, -0.05) is 24.3 Å². The Morgan fingerprint density at radius 1 is 1.25 bits per heavy atom. The fourth-order valence-corrected chi connectivity index (χ4v) is 6.37. The number of aromatic nitrogens is 1. The van der Waals surface area contributed by atoms with E-state index in [1.165, 1.54) is 0 Å². The molecule has 0 saturated carbocycles. The minimum atomic E-state index is -0.837. The summed E-state index contributed by atoms with van der Waals surface area (Å²) in [6, 6.07) is 11.8. The quantitative estimate of drug-likeness (QED) is 0.629. The second-order valence-corrected chi connectivity index (χ2v) is 10.8. The zero-order valence-electron chi connectivity index (χ0n) is 21.1. The minimum absolute atomic E-state index is 0.0245. The van der Waals surface area contributed by atoms with E-state index in [2.05, 4.69) is 4.98 Å². The number of hydrogen-bond donors (Lipinski definition) is 1. The van der Waals surface area contributed by atoms with Crippen molar-refractivity contribution in [3.05, 3.63) is 59.9 Å². The van der Waals surface area contributed by atoms with E-state index in [1.54, 1.807) is 6.20 Å². The molecule has 0 aliphatic carbocycles. The van der Waals surface area contributed by atoms with E-state index in [0.29, 0.717) is 32.7 Å². The molecule has 1 spiro atoms. The molecule has 2 aromatic rings. The highest BCUT2D eigenvalue weighted by Crippen LogP contribution is 2.55. The van der Waals surface area contributed by atoms with Crippen molar-refractivity contribution in [3.63, 3.8) is 0 Å². The lowest BCUT2D eigenvalue weighted by atomic mass is 9.68. The van der Waals surface area contributed by atoms with Gasteiger partial charge in [0.05, 0.1) is 24.8 Å². The number of fused-ring (bicyclic) bond motifs is 3. The molecule has 192 valence electrons. The second-order valence-electron chi connectivity index (χ2n) is 10.8. The number of pyridine rings is 1. The molecule has 36 heavy (non-hydrogen) atoms. The number of carbonyl (C=O) groups is 2. The molecule has 5 rings (SSSR count). The van der Waals surface area contributed by atoms with Crippen LogP contribution in [0.1, 0.15) is 56.3 Å². The van der Waals surface area contributed by atoms with Crippen molar-refractivity contribution in [2.24, 2.45) is 5.92 Å². The number of ether oxygens (including phenoxy) is 2. The maximum Gasteiger partial charge on any atom is 0.303 e. The zero-order chi connectivity index (χ0) is 25.3. The molecule has 1 aromatic carbocycles. The third-order valence-corrected chi connectivity index (χ3v) is 8.16. The molecule has 0 radical (unpaired) electrons. The fraction of sp³-hybridized carbons (Fsp3) is 0.536. The van der Waals surface area contributed by atoms with Crippen molar-refractivity contribution in [1.29, 1.82) is 0 Å². The Kier molecular flexibility index (Phi) is 6.74. The van der Waals surface area contributed by atoms with Crippen LogP contribution >= 0.6 is 0 Å². The predicted molar refractivity (Wildman–Crippen MR) is 133 cm³/mol. The van der Waals surface area contributed by atoms with Gasteiger partial charge in [-0.25, -0.2) is 0 Å². The Balaban J connectivity index is 1.36. The van der Waals surface area contributed by atoms with Gasteiger partial charge in [0.15, 0.2) is 0 Å². The lowest BCUT2D eigenvalue weighted by Crippen LogP contribution is -2.61. The van der Waals surface area contributed by atoms with Gasteiger partial charge in [-0.15, -0.1) is 0 Å². The van der Waals surface area contributed by atoms with E-state index >= 15 is 0 Å². The number of para-hydroxylation sites is 1. The number of likely N-dealkylation sites (N-methyl/N-ethyl adjacent to an activating group) is 1. The summed E-state index contributed by atoms with van der Waals surface area (Å²) in [5.41, 5.74) is 0.990. The zero-order valence-corrected chi connectivity index (χ0v) is 21.1. The molecule has 3 aliphatic heterocycles. The normalized spacial score (nSPS) is 29.0. The van der Waals surface area contributed by atoms with Crippen LogP contribution in [0.25, 0.3) is 0 Å². The van der Waals surface area contributed by atoms with E-state index in [0.717, 1.165) is 36.1 Å². The predicted octanol–water partition coefficient (Wildman–Crippen LogP) is 3.67. The molecular weight excluding hydrogens is 458 g/mol. The first kappa shape index (κ1) is 24.7. The number of nitrogens with zero attached hydrogens (tertiary/aromatic N) is 3. The van der Waals surface area contributed by atoms with Gasteiger partial charge in [0, 0.05) is 43.4 Å². The average molecular weight is 494 g/mol. The van der Waals surface area contributed by atoms with Gasteiger partial charge < -0.3 is 19.5 Å². The molecule has 1 N–H and O–H groups in total. The Hall–Kier alpha value is -2.97. The van der Waals surface area contributed by atoms with Crippen LogP contribution in [0.2, 0.25) is 0 Å². The molecule has 1 amide bonds. The standard InChI is InChI=1S/C28H35N3O5/c1-27(12-10-25(33)34)22-15-28(19-35-26(22)21-8-3-4-9-23(21)36-27)11-6-14-31(28)24(32)18-30(2)17-20-7-5-13-29-16-20/h3-5,7-9,13,16,22,26H,6,10-12,14-15,17-19H2,1-2H3,(H,33,34)/t22-,26+,27+,28+/m1/s1. The summed E-state index contributed by atoms with van der Waals surface area (Å²) in [5.74, 6) is -0.0256. The van der Waals surface area contributed by atoms with Crippen molar-refractivity contribution in [2.75, 3.05) is 26.7 Å². The summed E-state index contributed by atoms with van der Waals surface area (Å²) in [4.78, 5) is 33.2. The molecule has 8 nitrogen and oxygen atoms in total. The first-order valence-corrected chi connectivity index (χ1v) is 12.8. The van der Waals surface area contributed by atoms with Crippen LogP contribution in [0.15, 0.2) is 48.8 Å². The van der Waals surface area contributed by atoms with Crippen LogP contribution in [-0.4, -0.2) is 69.7 Å². The summed E-state index contributed by atoms with van der Waals surface area (Å²) in [6.07, 6.45) is 6.36. The fourth-order valence-electron chi connectivity index (χ4n) is 6.37. The molecule has 4 heterocycles. The number of likely N-dealkylation sites (tertiary alicyclic amines) is 1. The minimum Gasteiger partial charge on any atom is -0.487 e. The number of carbonyl (C=O) groups excluding carboxylic acids is 1. The Bertz CT molecular complexity index is 1110. The molecular formula is C28H35N3O5. The molecule has 2 saturated heterocycles. The SMILES string of the molecule is CN(CC(=O)N1CCC[C@]12CO[C@H]1c3ccccc3O[C@@](C)(CCC(=O)O)[C@@H]1C2)Cc1cccnc1. The maximum absolute atomic E-state index is 13.6. The van der Waals surface area contributed by atoms with Crippen LogP contribution in [0.5, 0.6) is 5.75 Å².